The summed E-state index contributed by atoms with van der Waals surface area (Å²) >= 11 is 0. The van der Waals surface area contributed by atoms with E-state index in [4.69, 9.17) is 4.74 Å². The maximum absolute atomic E-state index is 6.12. The molecule has 0 aromatic heterocycles. The fourth-order valence-corrected chi connectivity index (χ4v) is 19.9. The Morgan fingerprint density at radius 2 is 1.21 bits per heavy atom. The first-order chi connectivity index (χ1) is 22.9. The molecule has 48 heavy (non-hydrogen) atoms. The van der Waals surface area contributed by atoms with Gasteiger partial charge >= 0.3 is 0 Å². The molecular weight excluding hydrogens is 615 g/mol. The van der Waals surface area contributed by atoms with E-state index in [1.807, 2.05) is 0 Å². The topological polar surface area (TPSA) is 12.5 Å². The second-order valence-electron chi connectivity index (χ2n) is 18.7. The second kappa shape index (κ2) is 13.2. The lowest BCUT2D eigenvalue weighted by molar-refractivity contribution is -0.00471. The standard InChI is InChI=1S/C44H63NOSi2/c1-31-25-26-39-38(29-31)40-41(45(39)30-47(5,6)7)34-21-13-16-24-37(34)43(40)48(8,28-18-10-9-17-27-46-44(2,3)4)42-35-22-14-11-19-32(35)33-20-12-15-23-36(33)42/h11-16,19-26,29,32-37,40-43H,9-10,17-18,27-28,30H2,1-8H3. The molecule has 6 aliphatic rings. The molecule has 7 rings (SSSR count). The molecule has 10 unspecified atom stereocenters. The molecule has 5 aliphatic carbocycles. The van der Waals surface area contributed by atoms with E-state index >= 15 is 0 Å². The van der Waals surface area contributed by atoms with Gasteiger partial charge in [-0.2, -0.15) is 0 Å². The van der Waals surface area contributed by atoms with Crippen LogP contribution in [-0.4, -0.2) is 40.6 Å². The van der Waals surface area contributed by atoms with Crippen molar-refractivity contribution in [3.05, 3.63) is 102 Å². The number of nitrogens with zero attached hydrogens (tertiary/aromatic N) is 1. The van der Waals surface area contributed by atoms with E-state index in [1.165, 1.54) is 43.5 Å². The van der Waals surface area contributed by atoms with Gasteiger partial charge in [0, 0.05) is 36.3 Å². The van der Waals surface area contributed by atoms with Crippen LogP contribution in [0.5, 0.6) is 0 Å². The SMILES string of the molecule is Cc1ccc2c(c1)C1C(C3C=CC=CC3C1[Si](C)(CCCCCCOC(C)(C)C)C1C3C=CC=CC3C3C=CC=CC31)N2C[Si](C)(C)C. The van der Waals surface area contributed by atoms with Crippen LogP contribution in [-0.2, 0) is 4.74 Å². The number of ether oxygens (including phenoxy) is 1. The minimum absolute atomic E-state index is 0.0399. The van der Waals surface area contributed by atoms with Crippen molar-refractivity contribution in [1.82, 2.24) is 0 Å². The molecule has 4 heteroatoms. The van der Waals surface area contributed by atoms with Gasteiger partial charge in [0.15, 0.2) is 0 Å². The Morgan fingerprint density at radius 1 is 0.667 bits per heavy atom. The van der Waals surface area contributed by atoms with Crippen molar-refractivity contribution >= 4 is 21.8 Å². The number of allylic oxidation sites excluding steroid dienone is 11. The highest BCUT2D eigenvalue weighted by atomic mass is 28.3. The van der Waals surface area contributed by atoms with E-state index < -0.39 is 16.1 Å². The van der Waals surface area contributed by atoms with Crippen LogP contribution in [0, 0.1) is 42.4 Å². The lowest BCUT2D eigenvalue weighted by atomic mass is 9.83. The average Bonchev–Trinajstić information content (AvgIpc) is 3.66. The third kappa shape index (κ3) is 6.32. The van der Waals surface area contributed by atoms with E-state index in [9.17, 15) is 0 Å². The molecule has 0 radical (unpaired) electrons. The number of benzene rings is 1. The van der Waals surface area contributed by atoms with E-state index in [-0.39, 0.29) is 5.60 Å². The van der Waals surface area contributed by atoms with Crippen molar-refractivity contribution in [1.29, 1.82) is 0 Å². The normalized spacial score (nSPS) is 35.4. The van der Waals surface area contributed by atoms with Crippen molar-refractivity contribution in [2.24, 2.45) is 35.5 Å². The Kier molecular flexibility index (Phi) is 9.43. The largest absolute Gasteiger partial charge is 0.376 e. The summed E-state index contributed by atoms with van der Waals surface area (Å²) in [5, 5.41) is 0. The van der Waals surface area contributed by atoms with Gasteiger partial charge in [0.1, 0.15) is 0 Å². The Bertz CT molecular complexity index is 1480. The first kappa shape index (κ1) is 34.3. The maximum Gasteiger partial charge on any atom is 0.0665 e. The Labute approximate surface area is 295 Å². The molecule has 1 heterocycles. The molecule has 10 atom stereocenters. The number of anilines is 1. The van der Waals surface area contributed by atoms with Crippen LogP contribution >= 0.6 is 0 Å². The quantitative estimate of drug-likeness (QED) is 0.171. The molecule has 1 aromatic rings. The van der Waals surface area contributed by atoms with Crippen LogP contribution in [0.3, 0.4) is 0 Å². The maximum atomic E-state index is 6.12. The molecule has 0 saturated heterocycles. The van der Waals surface area contributed by atoms with Gasteiger partial charge in [-0.05, 0) is 86.4 Å². The zero-order valence-electron chi connectivity index (χ0n) is 31.2. The summed E-state index contributed by atoms with van der Waals surface area (Å²) in [5.41, 5.74) is 6.17. The molecule has 0 bridgehead atoms. The van der Waals surface area contributed by atoms with E-state index in [1.54, 1.807) is 11.3 Å². The number of aryl methyl sites for hydroxylation is 1. The molecule has 1 aliphatic heterocycles. The number of fused-ring (bicyclic) bond motifs is 8. The first-order valence-corrected chi connectivity index (χ1v) is 26.0. The predicted octanol–water partition coefficient (Wildman–Crippen LogP) is 11.4. The number of hydrogen-bond donors (Lipinski definition) is 0. The van der Waals surface area contributed by atoms with Crippen LogP contribution in [0.1, 0.15) is 63.5 Å². The highest BCUT2D eigenvalue weighted by Gasteiger charge is 2.66. The summed E-state index contributed by atoms with van der Waals surface area (Å²) in [6.07, 6.45) is 36.6. The zero-order chi connectivity index (χ0) is 33.8. The molecule has 2 saturated carbocycles. The molecule has 0 N–H and O–H groups in total. The van der Waals surface area contributed by atoms with Crippen LogP contribution in [0.25, 0.3) is 0 Å². The minimum atomic E-state index is -1.97. The molecule has 1 aromatic carbocycles. The smallest absolute Gasteiger partial charge is 0.0665 e. The molecule has 2 fully saturated rings. The van der Waals surface area contributed by atoms with Gasteiger partial charge in [0.2, 0.25) is 0 Å². The van der Waals surface area contributed by atoms with Crippen LogP contribution in [0.15, 0.2) is 91.1 Å². The second-order valence-corrected chi connectivity index (χ2v) is 29.0. The van der Waals surface area contributed by atoms with Crippen molar-refractivity contribution in [3.8, 4) is 0 Å². The Balaban J connectivity index is 1.30. The van der Waals surface area contributed by atoms with Crippen molar-refractivity contribution < 1.29 is 4.74 Å². The van der Waals surface area contributed by atoms with Gasteiger partial charge in [0.25, 0.3) is 0 Å². The van der Waals surface area contributed by atoms with Gasteiger partial charge in [-0.15, -0.1) is 0 Å². The van der Waals surface area contributed by atoms with E-state index in [0.29, 0.717) is 47.5 Å². The lowest BCUT2D eigenvalue weighted by Gasteiger charge is -2.48. The van der Waals surface area contributed by atoms with Crippen LogP contribution in [0.4, 0.5) is 5.69 Å². The third-order valence-electron chi connectivity index (χ3n) is 13.0. The summed E-state index contributed by atoms with van der Waals surface area (Å²) < 4.78 is 6.12. The lowest BCUT2D eigenvalue weighted by Crippen LogP contribution is -2.49. The Morgan fingerprint density at radius 3 is 1.79 bits per heavy atom. The molecular formula is C44H63NOSi2. The highest BCUT2D eigenvalue weighted by molar-refractivity contribution is 6.82. The summed E-state index contributed by atoms with van der Waals surface area (Å²) in [5.74, 6) is 4.47. The van der Waals surface area contributed by atoms with Gasteiger partial charge < -0.3 is 9.64 Å². The van der Waals surface area contributed by atoms with Crippen molar-refractivity contribution in [3.63, 3.8) is 0 Å². The summed E-state index contributed by atoms with van der Waals surface area (Å²) in [6.45, 7) is 20.4. The van der Waals surface area contributed by atoms with Gasteiger partial charge in [-0.3, -0.25) is 0 Å². The van der Waals surface area contributed by atoms with Crippen LogP contribution < -0.4 is 4.90 Å². The molecule has 2 nitrogen and oxygen atoms in total. The van der Waals surface area contributed by atoms with E-state index in [2.05, 4.69) is 150 Å². The first-order valence-electron chi connectivity index (χ1n) is 19.4. The Hall–Kier alpha value is -2.15. The van der Waals surface area contributed by atoms with Crippen LogP contribution in [0.2, 0.25) is 43.3 Å². The predicted molar refractivity (Wildman–Crippen MR) is 212 cm³/mol. The van der Waals surface area contributed by atoms with Gasteiger partial charge in [-0.25, -0.2) is 0 Å². The highest BCUT2D eigenvalue weighted by Crippen LogP contribution is 2.70. The fraction of sp³-hybridized carbons (Fsp3) is 0.591. The molecule has 258 valence electrons. The number of hydrogen-bond acceptors (Lipinski definition) is 2. The average molecular weight is 678 g/mol. The molecule has 0 amide bonds. The number of rotatable bonds is 11. The van der Waals surface area contributed by atoms with Gasteiger partial charge in [0.05, 0.1) is 21.7 Å². The zero-order valence-corrected chi connectivity index (χ0v) is 33.2. The van der Waals surface area contributed by atoms with Crippen molar-refractivity contribution in [2.75, 3.05) is 17.7 Å². The minimum Gasteiger partial charge on any atom is -0.376 e. The monoisotopic (exact) mass is 677 g/mol. The molecule has 0 spiro atoms. The summed E-state index contributed by atoms with van der Waals surface area (Å²) in [6, 6.07) is 9.57. The third-order valence-corrected chi connectivity index (χ3v) is 20.3. The number of unbranched alkanes of at least 4 members (excludes halogenated alkanes) is 3. The van der Waals surface area contributed by atoms with E-state index in [0.717, 1.165) is 17.7 Å². The van der Waals surface area contributed by atoms with Gasteiger partial charge in [-0.1, -0.05) is 142 Å². The summed E-state index contributed by atoms with van der Waals surface area (Å²) in [7, 11) is -3.33. The fourth-order valence-electron chi connectivity index (χ4n) is 11.5. The summed E-state index contributed by atoms with van der Waals surface area (Å²) in [4.78, 5) is 2.96. The van der Waals surface area contributed by atoms with Crippen molar-refractivity contribution in [2.45, 2.75) is 114 Å².